The number of halogens is 1. The van der Waals surface area contributed by atoms with Crippen molar-refractivity contribution in [1.82, 2.24) is 14.7 Å². The third kappa shape index (κ3) is 4.47. The van der Waals surface area contributed by atoms with Crippen LogP contribution < -0.4 is 10.9 Å². The van der Waals surface area contributed by atoms with Gasteiger partial charge in [-0.05, 0) is 25.7 Å². The van der Waals surface area contributed by atoms with E-state index in [1.54, 1.807) is 25.4 Å². The first-order valence-electron chi connectivity index (χ1n) is 8.68. The molecule has 2 atom stereocenters. The van der Waals surface area contributed by atoms with Crippen LogP contribution in [0.25, 0.3) is 0 Å². The van der Waals surface area contributed by atoms with Crippen molar-refractivity contribution < 1.29 is 9.90 Å². The molecule has 1 saturated heterocycles. The minimum Gasteiger partial charge on any atom is -0.478 e. The van der Waals surface area contributed by atoms with Crippen LogP contribution in [0.2, 0.25) is 5.02 Å². The van der Waals surface area contributed by atoms with Gasteiger partial charge in [0.2, 0.25) is 0 Å². The average Bonchev–Trinajstić information content (AvgIpc) is 2.83. The van der Waals surface area contributed by atoms with E-state index < -0.39 is 5.97 Å². The number of aromatic nitrogens is 2. The monoisotopic (exact) mass is 651 g/mol. The maximum absolute atomic E-state index is 11.9. The molecule has 0 saturated carbocycles. The Morgan fingerprint density at radius 2 is 1.96 bits per heavy atom. The number of carboxylic acids is 1. The Morgan fingerprint density at radius 1 is 1.29 bits per heavy atom. The van der Waals surface area contributed by atoms with Gasteiger partial charge in [-0.15, -0.1) is 5.92 Å². The van der Waals surface area contributed by atoms with Crippen molar-refractivity contribution >= 4 is 23.3 Å². The van der Waals surface area contributed by atoms with Crippen LogP contribution in [-0.4, -0.2) is 51.9 Å². The average molecular weight is 652 g/mol. The number of hydrogen-bond acceptors (Lipinski definition) is 5. The predicted molar refractivity (Wildman–Crippen MR) is 104 cm³/mol. The maximum Gasteiger partial charge on any atom is 0.335 e. The molecule has 1 aromatic carbocycles. The number of aryl methyl sites for hydroxylation is 1. The molecular formula is C19H22ClLrN4O3-. The molecule has 9 heteroatoms. The van der Waals surface area contributed by atoms with Crippen LogP contribution in [0.3, 0.4) is 0 Å². The molecule has 28 heavy (non-hydrogen) atoms. The second-order valence-corrected chi connectivity index (χ2v) is 7.25. The van der Waals surface area contributed by atoms with E-state index in [1.807, 2.05) is 19.2 Å². The Kier molecular flexibility index (Phi) is 6.38. The van der Waals surface area contributed by atoms with Gasteiger partial charge in [0.1, 0.15) is 5.02 Å². The van der Waals surface area contributed by atoms with Crippen molar-refractivity contribution in [3.63, 3.8) is 0 Å². The molecule has 1 fully saturated rings. The molecule has 2 heterocycles. The first-order chi connectivity index (χ1) is 12.8. The predicted octanol–water partition coefficient (Wildman–Crippen LogP) is 2.24. The van der Waals surface area contributed by atoms with Crippen LogP contribution in [0.1, 0.15) is 28.3 Å². The van der Waals surface area contributed by atoms with E-state index in [0.29, 0.717) is 5.69 Å². The molecule has 0 unspecified atom stereocenters. The SMILES string of the molecule is CN1C[C@H](Nc2cnn(C)c(=O)c2Cl)C[CH-][C@H](c2ccc(C(=O)O)cc2)C1.[Lr]. The normalized spacial score (nSPS) is 20.1. The van der Waals surface area contributed by atoms with Gasteiger partial charge < -0.3 is 21.7 Å². The molecule has 159 valence electrons. The quantitative estimate of drug-likeness (QED) is 0.494. The molecule has 0 amide bonds. The van der Waals surface area contributed by atoms with Crippen molar-refractivity contribution in [2.24, 2.45) is 7.05 Å². The van der Waals surface area contributed by atoms with Crippen molar-refractivity contribution in [3.05, 3.63) is 63.4 Å². The topological polar surface area (TPSA) is 87.5 Å². The van der Waals surface area contributed by atoms with Crippen LogP contribution in [0.5, 0.6) is 0 Å². The summed E-state index contributed by atoms with van der Waals surface area (Å²) >= 11 is 6.15. The standard InChI is InChI=1S/C19H22ClN4O3.Lr/c1-23-10-14(12-3-5-13(6-4-12)19(26)27)7-8-15(11-23)22-16-9-21-24(2)18(25)17(16)20;/h3-7,9,14-15,22H,8,10-11H2,1-2H3,(H,26,27);/q-1;/t14-,15+;/m0./s1. The summed E-state index contributed by atoms with van der Waals surface area (Å²) in [4.78, 5) is 25.2. The number of benzene rings is 1. The van der Waals surface area contributed by atoms with Crippen LogP contribution >= 0.6 is 11.6 Å². The molecule has 0 bridgehead atoms. The molecule has 1 radical (unpaired) electrons. The third-order valence-corrected chi connectivity index (χ3v) is 5.13. The van der Waals surface area contributed by atoms with E-state index in [1.165, 1.54) is 4.68 Å². The molecule has 7 nitrogen and oxygen atoms in total. The summed E-state index contributed by atoms with van der Waals surface area (Å²) in [5, 5.41) is 16.5. The second-order valence-electron chi connectivity index (χ2n) is 6.87. The Bertz CT molecular complexity index is 888. The molecule has 0 aliphatic carbocycles. The summed E-state index contributed by atoms with van der Waals surface area (Å²) in [5.74, 6) is -0.728. The number of nitrogens with zero attached hydrogens (tertiary/aromatic N) is 3. The van der Waals surface area contributed by atoms with Crippen molar-refractivity contribution in [2.75, 3.05) is 25.5 Å². The molecule has 2 aromatic rings. The number of anilines is 1. The Labute approximate surface area is 162 Å². The first-order valence-corrected chi connectivity index (χ1v) is 9.06. The smallest absolute Gasteiger partial charge is 0.335 e. The summed E-state index contributed by atoms with van der Waals surface area (Å²) in [5.41, 5.74) is 1.58. The van der Waals surface area contributed by atoms with Gasteiger partial charge in [-0.25, -0.2) is 9.48 Å². The molecule has 2 N–H and O–H groups in total. The number of rotatable bonds is 4. The molecule has 1 aliphatic rings. The van der Waals surface area contributed by atoms with Crippen molar-refractivity contribution in [3.8, 4) is 0 Å². The molecule has 3 rings (SSSR count). The van der Waals surface area contributed by atoms with E-state index in [-0.39, 0.29) is 28.1 Å². The summed E-state index contributed by atoms with van der Waals surface area (Å²) < 4.78 is 1.20. The zero-order valence-electron chi connectivity index (χ0n) is 15.5. The number of aromatic carboxylic acids is 1. The van der Waals surface area contributed by atoms with E-state index in [2.05, 4.69) is 21.7 Å². The van der Waals surface area contributed by atoms with Gasteiger partial charge in [0.05, 0.1) is 17.4 Å². The third-order valence-electron chi connectivity index (χ3n) is 4.77. The number of carbonyl (C=O) groups is 1. The van der Waals surface area contributed by atoms with Gasteiger partial charge in [0, 0.05) is 19.6 Å². The Hall–Kier alpha value is -3.38. The number of nitrogens with one attached hydrogen (secondary N) is 1. The fourth-order valence-corrected chi connectivity index (χ4v) is 3.54. The van der Waals surface area contributed by atoms with Crippen LogP contribution in [0.4, 0.5) is 5.69 Å². The fraction of sp³-hybridized carbons (Fsp3) is 0.368. The van der Waals surface area contributed by atoms with Gasteiger partial charge in [0.25, 0.3) is 5.56 Å². The molecular weight excluding hydrogens is 630 g/mol. The summed E-state index contributed by atoms with van der Waals surface area (Å²) in [7, 11) is 3.60. The van der Waals surface area contributed by atoms with Gasteiger partial charge in [-0.2, -0.15) is 11.5 Å². The van der Waals surface area contributed by atoms with Crippen LogP contribution in [0.15, 0.2) is 35.3 Å². The van der Waals surface area contributed by atoms with Crippen LogP contribution in [-0.2, 0) is 7.05 Å². The number of likely N-dealkylation sites (tertiary alicyclic amines) is 1. The van der Waals surface area contributed by atoms with Gasteiger partial charge in [-0.1, -0.05) is 29.3 Å². The number of hydrogen-bond donors (Lipinski definition) is 2. The summed E-state index contributed by atoms with van der Waals surface area (Å²) in [6, 6.07) is 7.10. The minimum absolute atomic E-state index is 0. The molecule has 0 spiro atoms. The van der Waals surface area contributed by atoms with Gasteiger partial charge in [0.15, 0.2) is 0 Å². The first kappa shape index (κ1) is 20.9. The fourth-order valence-electron chi connectivity index (χ4n) is 3.31. The van der Waals surface area contributed by atoms with E-state index in [0.717, 1.165) is 25.1 Å². The van der Waals surface area contributed by atoms with E-state index in [4.69, 9.17) is 16.7 Å². The largest absolute Gasteiger partial charge is 0.478 e. The molecule has 1 aliphatic heterocycles. The number of likely N-dealkylation sites (N-methyl/N-ethyl adjacent to an activating group) is 1. The Balaban J connectivity index is 0.00000280. The van der Waals surface area contributed by atoms with Crippen molar-refractivity contribution in [2.45, 2.75) is 18.4 Å². The van der Waals surface area contributed by atoms with Gasteiger partial charge >= 0.3 is 5.97 Å². The van der Waals surface area contributed by atoms with Gasteiger partial charge in [-0.3, -0.25) is 4.79 Å². The summed E-state index contributed by atoms with van der Waals surface area (Å²) in [6.45, 7) is 1.61. The van der Waals surface area contributed by atoms with E-state index in [9.17, 15) is 9.59 Å². The maximum atomic E-state index is 11.9. The number of carboxylic acid groups (broad SMARTS) is 1. The Morgan fingerprint density at radius 3 is 2.61 bits per heavy atom. The van der Waals surface area contributed by atoms with Crippen LogP contribution in [0, 0.1) is 6.42 Å². The van der Waals surface area contributed by atoms with Crippen molar-refractivity contribution in [1.29, 1.82) is 0 Å². The second kappa shape index (κ2) is 8.54. The zero-order chi connectivity index (χ0) is 19.6. The molecule has 1 aromatic heterocycles. The minimum atomic E-state index is -0.924. The van der Waals surface area contributed by atoms with E-state index >= 15 is 0 Å². The summed E-state index contributed by atoms with van der Waals surface area (Å²) in [6.07, 6.45) is 4.57. The zero-order valence-corrected chi connectivity index (χ0v) is 18.4.